The lowest BCUT2D eigenvalue weighted by molar-refractivity contribution is 0.0940. The largest absolute Gasteiger partial charge is 0.298 e. The third kappa shape index (κ3) is 1.79. The minimum Gasteiger partial charge on any atom is -0.298 e. The summed E-state index contributed by atoms with van der Waals surface area (Å²) >= 11 is 0. The van der Waals surface area contributed by atoms with Crippen molar-refractivity contribution in [3.05, 3.63) is 28.8 Å². The Labute approximate surface area is 81.1 Å². The highest BCUT2D eigenvalue weighted by atomic mass is 19.2. The van der Waals surface area contributed by atoms with Gasteiger partial charge in [0.05, 0.1) is 11.1 Å². The summed E-state index contributed by atoms with van der Waals surface area (Å²) in [6, 6.07) is 0. The van der Waals surface area contributed by atoms with Crippen molar-refractivity contribution in [3.8, 4) is 0 Å². The number of hydrogen-bond acceptors (Lipinski definition) is 4. The van der Waals surface area contributed by atoms with Crippen molar-refractivity contribution < 1.29 is 22.8 Å². The van der Waals surface area contributed by atoms with Crippen molar-refractivity contribution in [2.75, 3.05) is 0 Å². The predicted molar refractivity (Wildman–Crippen MR) is 41.2 cm³/mol. The highest BCUT2D eigenvalue weighted by Crippen LogP contribution is 2.16. The van der Waals surface area contributed by atoms with Gasteiger partial charge in [0.15, 0.2) is 12.1 Å². The molecule has 1 amide bonds. The number of rotatable bonds is 2. The number of halogens is 3. The molecule has 0 spiro atoms. The minimum atomic E-state index is -1.82. The van der Waals surface area contributed by atoms with E-state index in [1.54, 1.807) is 0 Å². The molecule has 0 bridgehead atoms. The molecule has 1 heterocycles. The lowest BCUT2D eigenvalue weighted by Crippen LogP contribution is -2.32. The minimum absolute atomic E-state index is 0.157. The maximum absolute atomic E-state index is 13.0. The van der Waals surface area contributed by atoms with Crippen LogP contribution in [0.3, 0.4) is 0 Å². The first-order valence-corrected chi connectivity index (χ1v) is 3.53. The van der Waals surface area contributed by atoms with Crippen LogP contribution in [0.25, 0.3) is 0 Å². The smallest absolute Gasteiger partial charge is 0.269 e. The molecule has 0 fully saturated rings. The number of nitrogen functional groups attached to an aromatic ring is 1. The second kappa shape index (κ2) is 4.05. The van der Waals surface area contributed by atoms with Gasteiger partial charge in [0.1, 0.15) is 0 Å². The normalized spacial score (nSPS) is 9.87. The van der Waals surface area contributed by atoms with E-state index in [0.717, 1.165) is 0 Å². The van der Waals surface area contributed by atoms with E-state index in [-0.39, 0.29) is 6.29 Å². The number of nitrogens with one attached hydrogen (secondary N) is 1. The summed E-state index contributed by atoms with van der Waals surface area (Å²) in [6.45, 7) is 0. The molecule has 0 saturated carbocycles. The highest BCUT2D eigenvalue weighted by molar-refractivity contribution is 6.01. The molecule has 0 radical (unpaired) electrons. The molecule has 0 aliphatic carbocycles. The van der Waals surface area contributed by atoms with E-state index in [1.807, 2.05) is 0 Å². The Bertz CT molecular complexity index is 436. The van der Waals surface area contributed by atoms with Crippen LogP contribution in [0.5, 0.6) is 0 Å². The first kappa shape index (κ1) is 11.1. The van der Waals surface area contributed by atoms with Gasteiger partial charge in [-0.15, -0.1) is 0 Å². The molecule has 80 valence electrons. The Morgan fingerprint density at radius 3 is 2.40 bits per heavy atom. The fourth-order valence-corrected chi connectivity index (χ4v) is 0.922. The zero-order valence-corrected chi connectivity index (χ0v) is 7.05. The quantitative estimate of drug-likeness (QED) is 0.239. The van der Waals surface area contributed by atoms with Crippen LogP contribution in [0.4, 0.5) is 13.2 Å². The summed E-state index contributed by atoms with van der Waals surface area (Å²) in [6.07, 6.45) is -0.157. The van der Waals surface area contributed by atoms with Crippen LogP contribution in [0.15, 0.2) is 0 Å². The van der Waals surface area contributed by atoms with E-state index >= 15 is 0 Å². The number of nitrogens with two attached hydrogens (primary N) is 1. The van der Waals surface area contributed by atoms with Crippen LogP contribution in [-0.2, 0) is 0 Å². The first-order valence-electron chi connectivity index (χ1n) is 3.53. The fraction of sp³-hybridized carbons (Fsp3) is 0. The van der Waals surface area contributed by atoms with Crippen LogP contribution in [0, 0.1) is 17.7 Å². The van der Waals surface area contributed by atoms with E-state index in [1.165, 1.54) is 5.43 Å². The summed E-state index contributed by atoms with van der Waals surface area (Å²) < 4.78 is 38.4. The van der Waals surface area contributed by atoms with Crippen LogP contribution >= 0.6 is 0 Å². The molecular formula is C7H4F3N3O2. The van der Waals surface area contributed by atoms with Crippen molar-refractivity contribution in [2.45, 2.75) is 0 Å². The Kier molecular flexibility index (Phi) is 3.00. The summed E-state index contributed by atoms with van der Waals surface area (Å²) in [7, 11) is 0. The predicted octanol–water partition coefficient (Wildman–Crippen LogP) is -0.0851. The molecule has 1 aromatic heterocycles. The van der Waals surface area contributed by atoms with Gasteiger partial charge in [0.2, 0.25) is 5.95 Å². The lowest BCUT2D eigenvalue weighted by atomic mass is 10.1. The van der Waals surface area contributed by atoms with Crippen LogP contribution in [-0.4, -0.2) is 17.2 Å². The molecular weight excluding hydrogens is 215 g/mol. The standard InChI is InChI=1S/C7H4F3N3O2/c8-4-3(7(15)13-11)2(1-14)5(9)12-6(4)10/h1H,11H2,(H,13,15). The van der Waals surface area contributed by atoms with Gasteiger partial charge in [-0.25, -0.2) is 10.2 Å². The van der Waals surface area contributed by atoms with Crippen molar-refractivity contribution in [3.63, 3.8) is 0 Å². The maximum atomic E-state index is 13.0. The monoisotopic (exact) mass is 219 g/mol. The van der Waals surface area contributed by atoms with Gasteiger partial charge in [0, 0.05) is 0 Å². The fourth-order valence-electron chi connectivity index (χ4n) is 0.922. The molecule has 0 unspecified atom stereocenters. The summed E-state index contributed by atoms with van der Waals surface area (Å²) in [5.74, 6) is -1.81. The summed E-state index contributed by atoms with van der Waals surface area (Å²) in [5, 5.41) is 0. The number of pyridine rings is 1. The zero-order valence-electron chi connectivity index (χ0n) is 7.05. The van der Waals surface area contributed by atoms with E-state index in [2.05, 4.69) is 10.8 Å². The number of hydrazine groups is 1. The molecule has 1 rings (SSSR count). The zero-order chi connectivity index (χ0) is 11.6. The maximum Gasteiger partial charge on any atom is 0.269 e. The van der Waals surface area contributed by atoms with Gasteiger partial charge in [-0.05, 0) is 0 Å². The Balaban J connectivity index is 3.57. The molecule has 0 aliphatic rings. The van der Waals surface area contributed by atoms with Crippen molar-refractivity contribution in [1.29, 1.82) is 0 Å². The highest BCUT2D eigenvalue weighted by Gasteiger charge is 2.24. The van der Waals surface area contributed by atoms with E-state index in [0.29, 0.717) is 0 Å². The number of aldehydes is 1. The van der Waals surface area contributed by atoms with E-state index in [9.17, 15) is 22.8 Å². The van der Waals surface area contributed by atoms with E-state index < -0.39 is 34.7 Å². The van der Waals surface area contributed by atoms with Crippen LogP contribution in [0.1, 0.15) is 20.7 Å². The third-order valence-corrected chi connectivity index (χ3v) is 1.56. The van der Waals surface area contributed by atoms with Gasteiger partial charge < -0.3 is 0 Å². The third-order valence-electron chi connectivity index (χ3n) is 1.56. The summed E-state index contributed by atoms with van der Waals surface area (Å²) in [5.41, 5.74) is -0.650. The average Bonchev–Trinajstić information content (AvgIpc) is 2.21. The Hall–Kier alpha value is -1.96. The number of aromatic nitrogens is 1. The molecule has 3 N–H and O–H groups in total. The van der Waals surface area contributed by atoms with Crippen LogP contribution in [0.2, 0.25) is 0 Å². The van der Waals surface area contributed by atoms with Crippen molar-refractivity contribution >= 4 is 12.2 Å². The van der Waals surface area contributed by atoms with Crippen molar-refractivity contribution in [1.82, 2.24) is 10.4 Å². The number of hydrogen-bond donors (Lipinski definition) is 2. The van der Waals surface area contributed by atoms with Gasteiger partial charge in [0.25, 0.3) is 11.9 Å². The second-order valence-corrected chi connectivity index (χ2v) is 2.39. The molecule has 0 aliphatic heterocycles. The number of carbonyl (C=O) groups is 2. The van der Waals surface area contributed by atoms with E-state index in [4.69, 9.17) is 0 Å². The molecule has 1 aromatic rings. The van der Waals surface area contributed by atoms with Gasteiger partial charge in [-0.3, -0.25) is 15.0 Å². The number of carbonyl (C=O) groups excluding carboxylic acids is 2. The average molecular weight is 219 g/mol. The van der Waals surface area contributed by atoms with Gasteiger partial charge in [-0.1, -0.05) is 0 Å². The molecule has 15 heavy (non-hydrogen) atoms. The van der Waals surface area contributed by atoms with Crippen LogP contribution < -0.4 is 11.3 Å². The summed E-state index contributed by atoms with van der Waals surface area (Å²) in [4.78, 5) is 23.7. The Morgan fingerprint density at radius 1 is 1.33 bits per heavy atom. The Morgan fingerprint density at radius 2 is 1.93 bits per heavy atom. The molecule has 0 aromatic carbocycles. The number of amides is 1. The number of nitrogens with zero attached hydrogens (tertiary/aromatic N) is 1. The molecule has 5 nitrogen and oxygen atoms in total. The molecule has 0 saturated heterocycles. The SMILES string of the molecule is NNC(=O)c1c(F)c(F)nc(F)c1C=O. The van der Waals surface area contributed by atoms with Crippen molar-refractivity contribution in [2.24, 2.45) is 5.84 Å². The second-order valence-electron chi connectivity index (χ2n) is 2.39. The van der Waals surface area contributed by atoms with Gasteiger partial charge >= 0.3 is 0 Å². The first-order chi connectivity index (χ1) is 7.02. The molecule has 8 heteroatoms. The lowest BCUT2D eigenvalue weighted by Gasteiger charge is -2.05. The topological polar surface area (TPSA) is 85.1 Å². The van der Waals surface area contributed by atoms with Gasteiger partial charge in [-0.2, -0.15) is 13.8 Å². The molecule has 0 atom stereocenters.